The molecule has 2 aliphatic carbocycles. The lowest BCUT2D eigenvalue weighted by Crippen LogP contribution is -2.39. The van der Waals surface area contributed by atoms with E-state index in [0.29, 0.717) is 12.8 Å². The number of hydrogen-bond donors (Lipinski definition) is 4. The number of aliphatic hydroxyl groups is 4. The van der Waals surface area contributed by atoms with Crippen LogP contribution in [0.4, 0.5) is 0 Å². The van der Waals surface area contributed by atoms with Crippen LogP contribution in [0, 0.1) is 10.8 Å². The van der Waals surface area contributed by atoms with Gasteiger partial charge in [-0.15, -0.1) is 0 Å². The molecule has 0 aliphatic heterocycles. The fraction of sp³-hybridized carbons (Fsp3) is 0.450. The largest absolute Gasteiger partial charge is 0.390 e. The minimum atomic E-state index is -0.799. The number of hydrogen-bond acceptors (Lipinski definition) is 4. The van der Waals surface area contributed by atoms with Crippen LogP contribution >= 0.6 is 0 Å². The summed E-state index contributed by atoms with van der Waals surface area (Å²) in [6.07, 6.45) is 26.9. The molecule has 0 aromatic carbocycles. The van der Waals surface area contributed by atoms with Gasteiger partial charge in [0.05, 0.1) is 12.2 Å². The number of aliphatic hydroxyl groups excluding tert-OH is 4. The van der Waals surface area contributed by atoms with Gasteiger partial charge in [0.2, 0.25) is 0 Å². The van der Waals surface area contributed by atoms with Crippen molar-refractivity contribution in [1.82, 2.24) is 0 Å². The van der Waals surface area contributed by atoms with Crippen LogP contribution in [0.5, 0.6) is 0 Å². The van der Waals surface area contributed by atoms with Gasteiger partial charge in [-0.3, -0.25) is 0 Å². The van der Waals surface area contributed by atoms with Crippen LogP contribution in [0.1, 0.15) is 82.1 Å². The Balaban J connectivity index is 1.94. The molecule has 2 aliphatic rings. The third-order valence-electron chi connectivity index (χ3n) is 8.65. The zero-order valence-corrected chi connectivity index (χ0v) is 28.6. The summed E-state index contributed by atoms with van der Waals surface area (Å²) in [6, 6.07) is 0. The molecule has 0 radical (unpaired) electrons. The molecular formula is C40H56O4. The Morgan fingerprint density at radius 1 is 0.523 bits per heavy atom. The Labute approximate surface area is 267 Å². The van der Waals surface area contributed by atoms with Crippen molar-refractivity contribution in [1.29, 1.82) is 0 Å². The van der Waals surface area contributed by atoms with E-state index in [2.05, 4.69) is 116 Å². The molecule has 0 aromatic rings. The van der Waals surface area contributed by atoms with Crippen molar-refractivity contribution in [2.24, 2.45) is 10.8 Å². The molecule has 0 aromatic heterocycles. The molecule has 0 saturated heterocycles. The molecule has 240 valence electrons. The molecule has 0 heterocycles. The molecule has 0 fully saturated rings. The first-order valence-corrected chi connectivity index (χ1v) is 15.7. The third-order valence-corrected chi connectivity index (χ3v) is 8.65. The first-order chi connectivity index (χ1) is 20.5. The lowest BCUT2D eigenvalue weighted by molar-refractivity contribution is 0.00681. The van der Waals surface area contributed by atoms with Crippen molar-refractivity contribution in [2.75, 3.05) is 0 Å². The van der Waals surface area contributed by atoms with E-state index in [9.17, 15) is 20.4 Å². The van der Waals surface area contributed by atoms with Crippen LogP contribution in [-0.2, 0) is 0 Å². The van der Waals surface area contributed by atoms with Gasteiger partial charge in [-0.25, -0.2) is 0 Å². The quantitative estimate of drug-likeness (QED) is 0.190. The minimum absolute atomic E-state index is 0.182. The molecule has 44 heavy (non-hydrogen) atoms. The molecule has 0 amide bonds. The Hall–Kier alpha value is -3.02. The monoisotopic (exact) mass is 600 g/mol. The van der Waals surface area contributed by atoms with Gasteiger partial charge in [0, 0.05) is 0 Å². The van der Waals surface area contributed by atoms with E-state index in [-0.39, 0.29) is 10.8 Å². The molecule has 4 heteroatoms. The molecule has 4 unspecified atom stereocenters. The van der Waals surface area contributed by atoms with Crippen molar-refractivity contribution < 1.29 is 20.4 Å². The van der Waals surface area contributed by atoms with Crippen LogP contribution in [0.2, 0.25) is 0 Å². The molecular weight excluding hydrogens is 544 g/mol. The third kappa shape index (κ3) is 10.9. The van der Waals surface area contributed by atoms with Crippen LogP contribution in [0.3, 0.4) is 0 Å². The molecule has 2 rings (SSSR count). The van der Waals surface area contributed by atoms with E-state index < -0.39 is 24.4 Å². The zero-order valence-electron chi connectivity index (χ0n) is 28.6. The van der Waals surface area contributed by atoms with Gasteiger partial charge in [0.15, 0.2) is 0 Å². The van der Waals surface area contributed by atoms with Crippen LogP contribution < -0.4 is 0 Å². The summed E-state index contributed by atoms with van der Waals surface area (Å²) >= 11 is 0. The maximum atomic E-state index is 10.3. The topological polar surface area (TPSA) is 80.9 Å². The minimum Gasteiger partial charge on any atom is -0.390 e. The van der Waals surface area contributed by atoms with E-state index in [1.807, 2.05) is 38.2 Å². The maximum absolute atomic E-state index is 10.3. The lowest BCUT2D eigenvalue weighted by Gasteiger charge is -2.38. The number of allylic oxidation sites excluding steroid dienone is 20. The predicted molar refractivity (Wildman–Crippen MR) is 187 cm³/mol. The zero-order chi connectivity index (χ0) is 33.2. The van der Waals surface area contributed by atoms with E-state index in [4.69, 9.17) is 0 Å². The molecule has 4 N–H and O–H groups in total. The summed E-state index contributed by atoms with van der Waals surface area (Å²) in [6.45, 7) is 20.5. The SMILES string of the molecule is CC(C=CC=C(C)C=CC1=C(C)C(O)C(O)CC1(C)C)=CC=CC=C(C)C=CC=C(C)C=CC1=C(C)C(O)C(O)CC1(C)C. The predicted octanol–water partition coefficient (Wildman–Crippen LogP) is 8.49. The maximum Gasteiger partial charge on any atom is 0.101 e. The van der Waals surface area contributed by atoms with Gasteiger partial charge >= 0.3 is 0 Å². The van der Waals surface area contributed by atoms with E-state index in [1.54, 1.807) is 0 Å². The summed E-state index contributed by atoms with van der Waals surface area (Å²) in [5.74, 6) is 0. The van der Waals surface area contributed by atoms with Gasteiger partial charge in [0.25, 0.3) is 0 Å². The van der Waals surface area contributed by atoms with Gasteiger partial charge < -0.3 is 20.4 Å². The van der Waals surface area contributed by atoms with E-state index >= 15 is 0 Å². The highest BCUT2D eigenvalue weighted by molar-refractivity contribution is 5.41. The summed E-state index contributed by atoms with van der Waals surface area (Å²) in [4.78, 5) is 0. The second kappa shape index (κ2) is 16.3. The smallest absolute Gasteiger partial charge is 0.101 e. The summed E-state index contributed by atoms with van der Waals surface area (Å²) < 4.78 is 0. The number of rotatable bonds is 10. The molecule has 4 nitrogen and oxygen atoms in total. The second-order valence-corrected chi connectivity index (χ2v) is 13.8. The highest BCUT2D eigenvalue weighted by Crippen LogP contribution is 2.42. The summed E-state index contributed by atoms with van der Waals surface area (Å²) in [7, 11) is 0. The Morgan fingerprint density at radius 3 is 1.16 bits per heavy atom. The average molecular weight is 601 g/mol. The molecule has 0 saturated carbocycles. The van der Waals surface area contributed by atoms with Gasteiger partial charge in [-0.05, 0) is 87.5 Å². The second-order valence-electron chi connectivity index (χ2n) is 13.8. The average Bonchev–Trinajstić information content (AvgIpc) is 2.92. The molecule has 0 bridgehead atoms. The Kier molecular flexibility index (Phi) is 13.8. The van der Waals surface area contributed by atoms with Crippen molar-refractivity contribution >= 4 is 0 Å². The molecule has 4 atom stereocenters. The van der Waals surface area contributed by atoms with Crippen LogP contribution in [0.25, 0.3) is 0 Å². The highest BCUT2D eigenvalue weighted by atomic mass is 16.3. The Morgan fingerprint density at radius 2 is 0.818 bits per heavy atom. The molecule has 0 spiro atoms. The highest BCUT2D eigenvalue weighted by Gasteiger charge is 2.37. The van der Waals surface area contributed by atoms with Gasteiger partial charge in [0.1, 0.15) is 12.2 Å². The fourth-order valence-electron chi connectivity index (χ4n) is 5.94. The van der Waals surface area contributed by atoms with Crippen molar-refractivity contribution in [2.45, 2.75) is 106 Å². The lowest BCUT2D eigenvalue weighted by atomic mass is 9.70. The van der Waals surface area contributed by atoms with Crippen molar-refractivity contribution in [3.05, 3.63) is 130 Å². The standard InChI is InChI=1S/C40H56O4/c1-27(17-13-19-29(3)21-23-33-31(5)37(43)35(41)25-39(33,7)8)15-11-12-16-28(2)18-14-20-30(4)22-24-34-32(6)38(44)36(42)26-40(34,9)10/h11-24,35-38,41-44H,25-26H2,1-10H3. The first kappa shape index (κ1) is 37.2. The van der Waals surface area contributed by atoms with Gasteiger partial charge in [-0.2, -0.15) is 0 Å². The van der Waals surface area contributed by atoms with Crippen LogP contribution in [0.15, 0.2) is 130 Å². The Bertz CT molecular complexity index is 1260. The van der Waals surface area contributed by atoms with Crippen LogP contribution in [-0.4, -0.2) is 44.8 Å². The normalized spacial score (nSPS) is 27.9. The van der Waals surface area contributed by atoms with Crippen molar-refractivity contribution in [3.8, 4) is 0 Å². The van der Waals surface area contributed by atoms with E-state index in [1.165, 1.54) is 0 Å². The summed E-state index contributed by atoms with van der Waals surface area (Å²) in [5.41, 5.74) is 7.98. The van der Waals surface area contributed by atoms with Crippen molar-refractivity contribution in [3.63, 3.8) is 0 Å². The summed E-state index contributed by atoms with van der Waals surface area (Å²) in [5, 5.41) is 40.8. The van der Waals surface area contributed by atoms with Gasteiger partial charge in [-0.1, -0.05) is 135 Å². The first-order valence-electron chi connectivity index (χ1n) is 15.7. The fourth-order valence-corrected chi connectivity index (χ4v) is 5.94. The van der Waals surface area contributed by atoms with E-state index in [0.717, 1.165) is 44.6 Å².